The molecule has 0 saturated heterocycles. The highest BCUT2D eigenvalue weighted by atomic mass is 19.3. The number of alkyl halides is 2. The SMILES string of the molecule is C[C@@H]1C(=O)N(C)Cc2c(-c3cccc4nc(-c5cnn(C)c5)c(C(F)F)cc34)nc(C3CCCCC3)n21. The van der Waals surface area contributed by atoms with Crippen LogP contribution in [-0.4, -0.2) is 42.2 Å². The summed E-state index contributed by atoms with van der Waals surface area (Å²) >= 11 is 0. The number of aromatic nitrogens is 5. The third-order valence-electron chi connectivity index (χ3n) is 7.87. The summed E-state index contributed by atoms with van der Waals surface area (Å²) in [7, 11) is 3.55. The zero-order chi connectivity index (χ0) is 25.8. The number of carbonyl (C=O) groups is 1. The highest BCUT2D eigenvalue weighted by Crippen LogP contribution is 2.42. The van der Waals surface area contributed by atoms with Crippen LogP contribution in [0.15, 0.2) is 36.7 Å². The van der Waals surface area contributed by atoms with E-state index >= 15 is 0 Å². The first-order valence-electron chi connectivity index (χ1n) is 12.9. The summed E-state index contributed by atoms with van der Waals surface area (Å²) in [4.78, 5) is 24.5. The lowest BCUT2D eigenvalue weighted by molar-refractivity contribution is -0.135. The molecule has 7 nitrogen and oxygen atoms in total. The van der Waals surface area contributed by atoms with Crippen molar-refractivity contribution in [1.82, 2.24) is 29.2 Å². The molecule has 9 heteroatoms. The summed E-state index contributed by atoms with van der Waals surface area (Å²) < 4.78 is 32.3. The van der Waals surface area contributed by atoms with Crippen molar-refractivity contribution in [1.29, 1.82) is 0 Å². The first-order valence-corrected chi connectivity index (χ1v) is 12.9. The smallest absolute Gasteiger partial charge is 0.265 e. The Morgan fingerprint density at radius 2 is 1.84 bits per heavy atom. The third kappa shape index (κ3) is 3.91. The number of rotatable bonds is 4. The van der Waals surface area contributed by atoms with Crippen LogP contribution in [0.25, 0.3) is 33.4 Å². The molecule has 2 aliphatic rings. The maximum absolute atomic E-state index is 14.3. The van der Waals surface area contributed by atoms with Crippen molar-refractivity contribution < 1.29 is 13.6 Å². The van der Waals surface area contributed by atoms with Crippen molar-refractivity contribution in [3.8, 4) is 22.5 Å². The Hall–Kier alpha value is -3.62. The average molecular weight is 505 g/mol. The molecule has 0 spiro atoms. The lowest BCUT2D eigenvalue weighted by atomic mass is 9.88. The van der Waals surface area contributed by atoms with E-state index in [0.29, 0.717) is 28.9 Å². The lowest BCUT2D eigenvalue weighted by Gasteiger charge is -2.32. The Morgan fingerprint density at radius 1 is 1.05 bits per heavy atom. The van der Waals surface area contributed by atoms with E-state index in [4.69, 9.17) is 4.98 Å². The lowest BCUT2D eigenvalue weighted by Crippen LogP contribution is -2.39. The number of halogens is 2. The molecular weight excluding hydrogens is 474 g/mol. The average Bonchev–Trinajstić information content (AvgIpc) is 3.50. The van der Waals surface area contributed by atoms with Crippen LogP contribution in [0.5, 0.6) is 0 Å². The van der Waals surface area contributed by atoms with E-state index in [-0.39, 0.29) is 23.2 Å². The zero-order valence-corrected chi connectivity index (χ0v) is 21.3. The fourth-order valence-electron chi connectivity index (χ4n) is 6.02. The van der Waals surface area contributed by atoms with Crippen molar-refractivity contribution in [3.63, 3.8) is 0 Å². The molecule has 6 rings (SSSR count). The molecule has 192 valence electrons. The minimum Gasteiger partial charge on any atom is -0.338 e. The monoisotopic (exact) mass is 504 g/mol. The molecule has 1 amide bonds. The molecule has 1 atom stereocenters. The first kappa shape index (κ1) is 23.8. The van der Waals surface area contributed by atoms with Crippen LogP contribution in [0.2, 0.25) is 0 Å². The van der Waals surface area contributed by atoms with Crippen LogP contribution in [0, 0.1) is 0 Å². The van der Waals surface area contributed by atoms with E-state index in [2.05, 4.69) is 14.6 Å². The molecule has 0 unspecified atom stereocenters. The zero-order valence-electron chi connectivity index (χ0n) is 21.3. The Kier molecular flexibility index (Phi) is 5.81. The fourth-order valence-corrected chi connectivity index (χ4v) is 6.02. The van der Waals surface area contributed by atoms with Crippen molar-refractivity contribution in [2.45, 2.75) is 64.0 Å². The van der Waals surface area contributed by atoms with E-state index in [0.717, 1.165) is 48.5 Å². The topological polar surface area (TPSA) is 68.8 Å². The van der Waals surface area contributed by atoms with Crippen molar-refractivity contribution in [2.24, 2.45) is 7.05 Å². The largest absolute Gasteiger partial charge is 0.338 e. The number of amides is 1. The van der Waals surface area contributed by atoms with Gasteiger partial charge in [0.25, 0.3) is 6.43 Å². The van der Waals surface area contributed by atoms with E-state index in [1.54, 1.807) is 42.1 Å². The summed E-state index contributed by atoms with van der Waals surface area (Å²) in [6.07, 6.45) is 6.17. The molecule has 1 aliphatic carbocycles. The van der Waals surface area contributed by atoms with Crippen molar-refractivity contribution >= 4 is 16.8 Å². The van der Waals surface area contributed by atoms with Crippen LogP contribution in [0.3, 0.4) is 0 Å². The second-order valence-electron chi connectivity index (χ2n) is 10.3. The quantitative estimate of drug-likeness (QED) is 0.341. The predicted octanol–water partition coefficient (Wildman–Crippen LogP) is 6.02. The maximum Gasteiger partial charge on any atom is 0.265 e. The van der Waals surface area contributed by atoms with Crippen molar-refractivity contribution in [2.75, 3.05) is 7.05 Å². The second-order valence-corrected chi connectivity index (χ2v) is 10.3. The minimum atomic E-state index is -2.70. The molecule has 1 fully saturated rings. The number of aryl methyl sites for hydroxylation is 1. The van der Waals surface area contributed by atoms with Crippen molar-refractivity contribution in [3.05, 3.63) is 53.7 Å². The Balaban J connectivity index is 1.58. The molecule has 0 bridgehead atoms. The first-order chi connectivity index (χ1) is 17.8. The molecule has 4 heterocycles. The Morgan fingerprint density at radius 3 is 2.54 bits per heavy atom. The summed E-state index contributed by atoms with van der Waals surface area (Å²) in [6.45, 7) is 2.36. The highest BCUT2D eigenvalue weighted by Gasteiger charge is 2.36. The van der Waals surface area contributed by atoms with Gasteiger partial charge in [0.15, 0.2) is 0 Å². The number of hydrogen-bond donors (Lipinski definition) is 0. The summed E-state index contributed by atoms with van der Waals surface area (Å²) in [5.74, 6) is 1.31. The molecule has 0 radical (unpaired) electrons. The molecule has 1 aliphatic heterocycles. The van der Waals surface area contributed by atoms with Gasteiger partial charge in [-0.3, -0.25) is 9.48 Å². The molecule has 0 N–H and O–H groups in total. The number of benzene rings is 1. The number of likely N-dealkylation sites (N-methyl/N-ethyl adjacent to an activating group) is 1. The van der Waals surface area contributed by atoms with Crippen LogP contribution in [0.1, 0.15) is 74.5 Å². The molecule has 1 saturated carbocycles. The van der Waals surface area contributed by atoms with Gasteiger partial charge in [-0.15, -0.1) is 0 Å². The molecule has 4 aromatic rings. The van der Waals surface area contributed by atoms with Gasteiger partial charge in [-0.1, -0.05) is 31.4 Å². The van der Waals surface area contributed by atoms with Gasteiger partial charge in [-0.05, 0) is 31.9 Å². The molecule has 37 heavy (non-hydrogen) atoms. The van der Waals surface area contributed by atoms with Crippen LogP contribution >= 0.6 is 0 Å². The minimum absolute atomic E-state index is 0.0641. The van der Waals surface area contributed by atoms with Gasteiger partial charge in [-0.25, -0.2) is 18.7 Å². The standard InChI is InChI=1S/C28H30F2N6O/c1-16-28(37)34(2)15-23-25(33-27(36(16)23)17-8-5-4-6-9-17)19-10-7-11-22-20(19)12-21(26(29)30)24(32-22)18-13-31-35(3)14-18/h7,10-14,16-17,26H,4-6,8-9,15H2,1-3H3/t16-/m1/s1. The van der Waals surface area contributed by atoms with Crippen LogP contribution in [0.4, 0.5) is 8.78 Å². The van der Waals surface area contributed by atoms with Crippen LogP contribution in [-0.2, 0) is 18.4 Å². The van der Waals surface area contributed by atoms with E-state index in [1.807, 2.05) is 25.1 Å². The van der Waals surface area contributed by atoms with Gasteiger partial charge >= 0.3 is 0 Å². The number of nitrogens with zero attached hydrogens (tertiary/aromatic N) is 6. The molecule has 1 aromatic carbocycles. The van der Waals surface area contributed by atoms with Gasteiger partial charge in [0, 0.05) is 48.3 Å². The van der Waals surface area contributed by atoms with Gasteiger partial charge < -0.3 is 9.47 Å². The highest BCUT2D eigenvalue weighted by molar-refractivity contribution is 5.96. The third-order valence-corrected chi connectivity index (χ3v) is 7.87. The second kappa shape index (κ2) is 9.04. The number of pyridine rings is 1. The van der Waals surface area contributed by atoms with E-state index in [9.17, 15) is 13.6 Å². The van der Waals surface area contributed by atoms with Gasteiger partial charge in [0.05, 0.1) is 35.3 Å². The number of carbonyl (C=O) groups excluding carboxylic acids is 1. The Labute approximate surface area is 214 Å². The summed E-state index contributed by atoms with van der Waals surface area (Å²) in [5.41, 5.74) is 3.76. The van der Waals surface area contributed by atoms with Crippen LogP contribution < -0.4 is 0 Å². The Bertz CT molecular complexity index is 1500. The summed E-state index contributed by atoms with van der Waals surface area (Å²) in [6, 6.07) is 6.87. The number of hydrogen-bond acceptors (Lipinski definition) is 4. The van der Waals surface area contributed by atoms with Gasteiger partial charge in [0.2, 0.25) is 5.91 Å². The maximum atomic E-state index is 14.3. The fraction of sp³-hybridized carbons (Fsp3) is 0.429. The van der Waals surface area contributed by atoms with E-state index < -0.39 is 6.43 Å². The molecular formula is C28H30F2N6O. The number of fused-ring (bicyclic) bond motifs is 2. The number of imidazole rings is 1. The van der Waals surface area contributed by atoms with Gasteiger partial charge in [-0.2, -0.15) is 5.10 Å². The normalized spacial score (nSPS) is 18.7. The van der Waals surface area contributed by atoms with Gasteiger partial charge in [0.1, 0.15) is 11.9 Å². The summed E-state index contributed by atoms with van der Waals surface area (Å²) in [5, 5.41) is 4.77. The van der Waals surface area contributed by atoms with E-state index in [1.165, 1.54) is 6.42 Å². The molecule has 3 aromatic heterocycles. The predicted molar refractivity (Wildman–Crippen MR) is 137 cm³/mol.